The summed E-state index contributed by atoms with van der Waals surface area (Å²) in [6.07, 6.45) is -1.67. The van der Waals surface area contributed by atoms with Crippen molar-refractivity contribution in [3.05, 3.63) is 35.9 Å². The SMILES string of the molecule is O=C(OCc1ccccc1)[C@@H](O)CF. The minimum absolute atomic E-state index is 0.0523. The lowest BCUT2D eigenvalue weighted by molar-refractivity contribution is -0.155. The second-order valence-electron chi connectivity index (χ2n) is 2.76. The van der Waals surface area contributed by atoms with Gasteiger partial charge in [-0.15, -0.1) is 0 Å². The molecule has 14 heavy (non-hydrogen) atoms. The minimum atomic E-state index is -1.67. The first-order chi connectivity index (χ1) is 6.74. The third kappa shape index (κ3) is 3.14. The van der Waals surface area contributed by atoms with Crippen LogP contribution in [0.4, 0.5) is 4.39 Å². The molecule has 0 aliphatic carbocycles. The lowest BCUT2D eigenvalue weighted by atomic mass is 10.2. The summed E-state index contributed by atoms with van der Waals surface area (Å²) in [5.41, 5.74) is 0.798. The monoisotopic (exact) mass is 198 g/mol. The van der Waals surface area contributed by atoms with E-state index in [4.69, 9.17) is 5.11 Å². The Morgan fingerprint density at radius 1 is 1.43 bits per heavy atom. The van der Waals surface area contributed by atoms with E-state index < -0.39 is 18.7 Å². The van der Waals surface area contributed by atoms with Crippen LogP contribution in [0.1, 0.15) is 5.56 Å². The van der Waals surface area contributed by atoms with Crippen LogP contribution in [0.2, 0.25) is 0 Å². The number of ether oxygens (including phenoxy) is 1. The highest BCUT2D eigenvalue weighted by Crippen LogP contribution is 2.01. The Hall–Kier alpha value is -1.42. The molecule has 0 saturated heterocycles. The van der Waals surface area contributed by atoms with Gasteiger partial charge in [0.2, 0.25) is 0 Å². The molecule has 4 heteroatoms. The van der Waals surface area contributed by atoms with Crippen molar-refractivity contribution in [3.8, 4) is 0 Å². The Labute approximate surface area is 81.1 Å². The number of carbonyl (C=O) groups excluding carboxylic acids is 1. The molecule has 1 rings (SSSR count). The van der Waals surface area contributed by atoms with E-state index in [0.29, 0.717) is 0 Å². The molecule has 1 aromatic rings. The largest absolute Gasteiger partial charge is 0.459 e. The molecule has 1 N–H and O–H groups in total. The number of benzene rings is 1. The molecule has 0 aliphatic rings. The zero-order valence-corrected chi connectivity index (χ0v) is 7.52. The van der Waals surface area contributed by atoms with Crippen LogP contribution in [-0.4, -0.2) is 23.9 Å². The second-order valence-corrected chi connectivity index (χ2v) is 2.76. The Morgan fingerprint density at radius 3 is 2.64 bits per heavy atom. The average molecular weight is 198 g/mol. The van der Waals surface area contributed by atoms with Crippen LogP contribution in [0.3, 0.4) is 0 Å². The van der Waals surface area contributed by atoms with Crippen LogP contribution < -0.4 is 0 Å². The molecule has 1 atom stereocenters. The molecule has 0 heterocycles. The summed E-state index contributed by atoms with van der Waals surface area (Å²) in [7, 11) is 0. The van der Waals surface area contributed by atoms with Crippen molar-refractivity contribution in [1.82, 2.24) is 0 Å². The zero-order valence-electron chi connectivity index (χ0n) is 7.52. The van der Waals surface area contributed by atoms with E-state index >= 15 is 0 Å². The maximum atomic E-state index is 11.8. The smallest absolute Gasteiger partial charge is 0.338 e. The first kappa shape index (κ1) is 10.7. The fraction of sp³-hybridized carbons (Fsp3) is 0.300. The van der Waals surface area contributed by atoms with E-state index in [1.54, 1.807) is 24.3 Å². The van der Waals surface area contributed by atoms with Gasteiger partial charge in [-0.25, -0.2) is 9.18 Å². The predicted octanol–water partition coefficient (Wildman–Crippen LogP) is 1.06. The first-order valence-electron chi connectivity index (χ1n) is 4.18. The van der Waals surface area contributed by atoms with Crippen molar-refractivity contribution in [2.75, 3.05) is 6.67 Å². The number of aliphatic hydroxyl groups is 1. The first-order valence-corrected chi connectivity index (χ1v) is 4.18. The predicted molar refractivity (Wildman–Crippen MR) is 48.2 cm³/mol. The molecule has 76 valence electrons. The van der Waals surface area contributed by atoms with Gasteiger partial charge in [-0.2, -0.15) is 0 Å². The van der Waals surface area contributed by atoms with E-state index in [2.05, 4.69) is 4.74 Å². The van der Waals surface area contributed by atoms with Crippen molar-refractivity contribution in [3.63, 3.8) is 0 Å². The highest BCUT2D eigenvalue weighted by molar-refractivity contribution is 5.74. The van der Waals surface area contributed by atoms with Crippen LogP contribution in [0.5, 0.6) is 0 Å². The molecular weight excluding hydrogens is 187 g/mol. The topological polar surface area (TPSA) is 46.5 Å². The molecule has 0 fully saturated rings. The Bertz CT molecular complexity index is 287. The lowest BCUT2D eigenvalue weighted by Crippen LogP contribution is -2.24. The zero-order chi connectivity index (χ0) is 10.4. The highest BCUT2D eigenvalue weighted by Gasteiger charge is 2.15. The molecule has 0 radical (unpaired) electrons. The summed E-state index contributed by atoms with van der Waals surface area (Å²) < 4.78 is 16.5. The van der Waals surface area contributed by atoms with Crippen LogP contribution >= 0.6 is 0 Å². The van der Waals surface area contributed by atoms with Crippen LogP contribution in [0.15, 0.2) is 30.3 Å². The number of rotatable bonds is 4. The maximum absolute atomic E-state index is 11.8. The van der Waals surface area contributed by atoms with Gasteiger partial charge < -0.3 is 9.84 Å². The van der Waals surface area contributed by atoms with Gasteiger partial charge in [-0.05, 0) is 5.56 Å². The third-order valence-electron chi connectivity index (χ3n) is 1.64. The van der Waals surface area contributed by atoms with Crippen molar-refractivity contribution in [2.45, 2.75) is 12.7 Å². The molecule has 0 unspecified atom stereocenters. The number of carbonyl (C=O) groups is 1. The van der Waals surface area contributed by atoms with Crippen LogP contribution in [0, 0.1) is 0 Å². The molecule has 3 nitrogen and oxygen atoms in total. The minimum Gasteiger partial charge on any atom is -0.459 e. The number of hydrogen-bond donors (Lipinski definition) is 1. The van der Waals surface area contributed by atoms with E-state index in [1.165, 1.54) is 0 Å². The lowest BCUT2D eigenvalue weighted by Gasteiger charge is -2.06. The molecule has 0 aromatic heterocycles. The third-order valence-corrected chi connectivity index (χ3v) is 1.64. The maximum Gasteiger partial charge on any atom is 0.338 e. The van der Waals surface area contributed by atoms with Crippen molar-refractivity contribution in [1.29, 1.82) is 0 Å². The van der Waals surface area contributed by atoms with Crippen molar-refractivity contribution in [2.24, 2.45) is 0 Å². The normalized spacial score (nSPS) is 12.1. The Kier molecular flexibility index (Phi) is 4.07. The van der Waals surface area contributed by atoms with Gasteiger partial charge >= 0.3 is 5.97 Å². The van der Waals surface area contributed by atoms with Crippen LogP contribution in [-0.2, 0) is 16.1 Å². The van der Waals surface area contributed by atoms with Gasteiger partial charge in [0, 0.05) is 0 Å². The van der Waals surface area contributed by atoms with Crippen molar-refractivity contribution < 1.29 is 19.0 Å². The average Bonchev–Trinajstić information content (AvgIpc) is 2.26. The highest BCUT2D eigenvalue weighted by atomic mass is 19.1. The summed E-state index contributed by atoms with van der Waals surface area (Å²) in [5.74, 6) is -0.934. The summed E-state index contributed by atoms with van der Waals surface area (Å²) in [5, 5.41) is 8.75. The Morgan fingerprint density at radius 2 is 2.07 bits per heavy atom. The van der Waals surface area contributed by atoms with Gasteiger partial charge in [-0.3, -0.25) is 0 Å². The number of hydrogen-bond acceptors (Lipinski definition) is 3. The van der Waals surface area contributed by atoms with Gasteiger partial charge in [0.25, 0.3) is 0 Å². The van der Waals surface area contributed by atoms with Gasteiger partial charge in [0.05, 0.1) is 0 Å². The molecular formula is C10H11FO3. The van der Waals surface area contributed by atoms with Gasteiger partial charge in [-0.1, -0.05) is 30.3 Å². The van der Waals surface area contributed by atoms with E-state index in [1.807, 2.05) is 6.07 Å². The summed E-state index contributed by atoms with van der Waals surface area (Å²) in [6, 6.07) is 8.98. The number of halogens is 1. The van der Waals surface area contributed by atoms with E-state index in [9.17, 15) is 9.18 Å². The number of alkyl halides is 1. The number of aliphatic hydroxyl groups excluding tert-OH is 1. The fourth-order valence-corrected chi connectivity index (χ4v) is 0.888. The molecule has 0 saturated carbocycles. The van der Waals surface area contributed by atoms with Gasteiger partial charge in [0.15, 0.2) is 6.10 Å². The standard InChI is InChI=1S/C10H11FO3/c11-6-9(12)10(13)14-7-8-4-2-1-3-5-8/h1-5,9,12H,6-7H2/t9-/m0/s1. The van der Waals surface area contributed by atoms with E-state index in [0.717, 1.165) is 5.56 Å². The second kappa shape index (κ2) is 5.34. The molecule has 0 amide bonds. The van der Waals surface area contributed by atoms with Crippen molar-refractivity contribution >= 4 is 5.97 Å². The van der Waals surface area contributed by atoms with E-state index in [-0.39, 0.29) is 6.61 Å². The molecule has 1 aromatic carbocycles. The summed E-state index contributed by atoms with van der Waals surface area (Å²) in [4.78, 5) is 10.8. The summed E-state index contributed by atoms with van der Waals surface area (Å²) in [6.45, 7) is -1.07. The van der Waals surface area contributed by atoms with Gasteiger partial charge in [0.1, 0.15) is 13.3 Å². The number of esters is 1. The summed E-state index contributed by atoms with van der Waals surface area (Å²) >= 11 is 0. The molecule has 0 aliphatic heterocycles. The van der Waals surface area contributed by atoms with Crippen LogP contribution in [0.25, 0.3) is 0 Å². The fourth-order valence-electron chi connectivity index (χ4n) is 0.888. The quantitative estimate of drug-likeness (QED) is 0.736. The Balaban J connectivity index is 2.38. The molecule has 0 bridgehead atoms. The molecule has 0 spiro atoms.